The number of pyridine rings is 1. The summed E-state index contributed by atoms with van der Waals surface area (Å²) in [6.45, 7) is 4.50. The Morgan fingerprint density at radius 1 is 1.11 bits per heavy atom. The third kappa shape index (κ3) is 5.98. The van der Waals surface area contributed by atoms with Crippen molar-refractivity contribution >= 4 is 12.1 Å². The summed E-state index contributed by atoms with van der Waals surface area (Å²) in [6.07, 6.45) is -0.667. The number of halogens is 1. The maximum Gasteiger partial charge on any atom is 0.528 e. The van der Waals surface area contributed by atoms with Gasteiger partial charge in [-0.2, -0.15) is 0 Å². The van der Waals surface area contributed by atoms with Crippen LogP contribution in [0.1, 0.15) is 35.0 Å². The van der Waals surface area contributed by atoms with Crippen molar-refractivity contribution in [3.05, 3.63) is 82.4 Å². The number of nitrogens with zero attached hydrogens (tertiary/aromatic N) is 2. The van der Waals surface area contributed by atoms with Crippen LogP contribution in [0.4, 0.5) is 9.18 Å². The average Bonchev–Trinajstić information content (AvgIpc) is 2.84. The van der Waals surface area contributed by atoms with Crippen LogP contribution < -0.4 is 4.74 Å². The summed E-state index contributed by atoms with van der Waals surface area (Å²) >= 11 is 0. The summed E-state index contributed by atoms with van der Waals surface area (Å²) in [4.78, 5) is 33.1. The van der Waals surface area contributed by atoms with Gasteiger partial charge in [0.2, 0.25) is 0 Å². The van der Waals surface area contributed by atoms with Crippen LogP contribution in [0.2, 0.25) is 0 Å². The van der Waals surface area contributed by atoms with Crippen LogP contribution in [0.25, 0.3) is 11.1 Å². The quantitative estimate of drug-likeness (QED) is 0.444. The first-order valence-electron chi connectivity index (χ1n) is 11.6. The maximum atomic E-state index is 14.7. The molecule has 1 aliphatic heterocycles. The second kappa shape index (κ2) is 11.2. The molecule has 0 amide bonds. The molecule has 0 aliphatic carbocycles. The molecule has 1 N–H and O–H groups in total. The lowest BCUT2D eigenvalue weighted by molar-refractivity contribution is -0.139. The summed E-state index contributed by atoms with van der Waals surface area (Å²) in [5.41, 5.74) is 4.66. The van der Waals surface area contributed by atoms with Gasteiger partial charge in [0.25, 0.3) is 0 Å². The molecule has 188 valence electrons. The number of aromatic nitrogens is 1. The number of hydroxylamine groups is 2. The van der Waals surface area contributed by atoms with Gasteiger partial charge in [0.05, 0.1) is 25.3 Å². The predicted octanol–water partition coefficient (Wildman–Crippen LogP) is 4.85. The summed E-state index contributed by atoms with van der Waals surface area (Å²) in [6, 6.07) is 13.7. The van der Waals surface area contributed by atoms with E-state index >= 15 is 0 Å². The Labute approximate surface area is 208 Å². The van der Waals surface area contributed by atoms with Crippen LogP contribution in [0.5, 0.6) is 5.75 Å². The van der Waals surface area contributed by atoms with E-state index in [0.717, 1.165) is 11.3 Å². The zero-order chi connectivity index (χ0) is 25.7. The van der Waals surface area contributed by atoms with Crippen molar-refractivity contribution in [1.29, 1.82) is 0 Å². The Kier molecular flexibility index (Phi) is 7.80. The van der Waals surface area contributed by atoms with E-state index in [1.807, 2.05) is 26.0 Å². The van der Waals surface area contributed by atoms with Crippen molar-refractivity contribution in [3.8, 4) is 16.9 Å². The minimum atomic E-state index is -0.942. The first-order valence-corrected chi connectivity index (χ1v) is 11.6. The Morgan fingerprint density at radius 2 is 1.92 bits per heavy atom. The zero-order valence-electron chi connectivity index (χ0n) is 20.1. The first-order chi connectivity index (χ1) is 17.3. The molecular weight excluding hydrogens is 467 g/mol. The zero-order valence-corrected chi connectivity index (χ0v) is 20.1. The number of carboxylic acid groups (broad SMARTS) is 1. The summed E-state index contributed by atoms with van der Waals surface area (Å²) in [7, 11) is 0. The highest BCUT2D eigenvalue weighted by molar-refractivity contribution is 5.77. The lowest BCUT2D eigenvalue weighted by atomic mass is 9.90. The van der Waals surface area contributed by atoms with E-state index in [4.69, 9.17) is 19.4 Å². The molecule has 0 radical (unpaired) electrons. The molecule has 9 heteroatoms. The van der Waals surface area contributed by atoms with Gasteiger partial charge < -0.3 is 19.4 Å². The normalized spacial score (nSPS) is 13.1. The lowest BCUT2D eigenvalue weighted by Crippen LogP contribution is -2.34. The van der Waals surface area contributed by atoms with Crippen molar-refractivity contribution in [2.75, 3.05) is 13.2 Å². The van der Waals surface area contributed by atoms with E-state index in [1.54, 1.807) is 30.3 Å². The van der Waals surface area contributed by atoms with E-state index in [2.05, 4.69) is 4.98 Å². The van der Waals surface area contributed by atoms with Gasteiger partial charge in [0.1, 0.15) is 18.2 Å². The molecule has 0 fully saturated rings. The van der Waals surface area contributed by atoms with E-state index in [-0.39, 0.29) is 25.4 Å². The van der Waals surface area contributed by atoms with E-state index in [9.17, 15) is 14.0 Å². The fraction of sp³-hybridized carbons (Fsp3) is 0.296. The molecule has 1 aromatic heterocycles. The number of aliphatic carboxylic acids is 1. The van der Waals surface area contributed by atoms with Crippen molar-refractivity contribution < 1.29 is 33.4 Å². The highest BCUT2D eigenvalue weighted by Crippen LogP contribution is 2.38. The smallest absolute Gasteiger partial charge is 0.493 e. The monoisotopic (exact) mass is 494 g/mol. The number of carbonyl (C=O) groups excluding carboxylic acids is 1. The molecule has 4 rings (SSSR count). The largest absolute Gasteiger partial charge is 0.528 e. The molecule has 36 heavy (non-hydrogen) atoms. The Morgan fingerprint density at radius 3 is 2.67 bits per heavy atom. The van der Waals surface area contributed by atoms with Gasteiger partial charge >= 0.3 is 12.1 Å². The second-order valence-electron chi connectivity index (χ2n) is 8.40. The Bertz CT molecular complexity index is 1280. The lowest BCUT2D eigenvalue weighted by Gasteiger charge is -2.29. The van der Waals surface area contributed by atoms with Crippen LogP contribution in [0.3, 0.4) is 0 Å². The SMILES string of the molecule is CCOc1cc(CC(=O)O)ccc1-c1ccc(F)c2c1CN(OC(=O)OCc1cccc(C)n1)CC2. The molecular formula is C27H27FN2O6. The number of carbonyl (C=O) groups is 2. The predicted molar refractivity (Wildman–Crippen MR) is 129 cm³/mol. The number of benzene rings is 2. The highest BCUT2D eigenvalue weighted by atomic mass is 19.1. The molecule has 2 heterocycles. The molecule has 8 nitrogen and oxygen atoms in total. The van der Waals surface area contributed by atoms with Gasteiger partial charge in [-0.05, 0) is 66.8 Å². The topological polar surface area (TPSA) is 98.2 Å². The molecule has 0 saturated carbocycles. The van der Waals surface area contributed by atoms with Gasteiger partial charge in [-0.15, -0.1) is 5.06 Å². The highest BCUT2D eigenvalue weighted by Gasteiger charge is 2.26. The van der Waals surface area contributed by atoms with Crippen LogP contribution in [0.15, 0.2) is 48.5 Å². The van der Waals surface area contributed by atoms with E-state index in [0.29, 0.717) is 53.3 Å². The minimum absolute atomic E-state index is 0.0226. The number of aryl methyl sites for hydroxylation is 1. The van der Waals surface area contributed by atoms with Gasteiger partial charge in [-0.1, -0.05) is 24.3 Å². The van der Waals surface area contributed by atoms with Gasteiger partial charge in [0.15, 0.2) is 0 Å². The van der Waals surface area contributed by atoms with Gasteiger partial charge in [0, 0.05) is 17.8 Å². The molecule has 0 bridgehead atoms. The van der Waals surface area contributed by atoms with E-state index in [1.165, 1.54) is 11.1 Å². The second-order valence-corrected chi connectivity index (χ2v) is 8.40. The van der Waals surface area contributed by atoms with E-state index < -0.39 is 12.1 Å². The van der Waals surface area contributed by atoms with Crippen LogP contribution in [-0.4, -0.2) is 40.4 Å². The number of carboxylic acids is 1. The van der Waals surface area contributed by atoms with Crippen LogP contribution >= 0.6 is 0 Å². The van der Waals surface area contributed by atoms with Gasteiger partial charge in [-0.25, -0.2) is 9.18 Å². The summed E-state index contributed by atoms with van der Waals surface area (Å²) in [5.74, 6) is -0.766. The maximum absolute atomic E-state index is 14.7. The molecule has 0 saturated heterocycles. The molecule has 1 aliphatic rings. The van der Waals surface area contributed by atoms with Crippen LogP contribution in [-0.2, 0) is 40.4 Å². The van der Waals surface area contributed by atoms with Crippen molar-refractivity contribution in [2.45, 2.75) is 39.8 Å². The Balaban J connectivity index is 1.54. The number of fused-ring (bicyclic) bond motifs is 1. The summed E-state index contributed by atoms with van der Waals surface area (Å²) < 4.78 is 25.7. The van der Waals surface area contributed by atoms with Crippen molar-refractivity contribution in [3.63, 3.8) is 0 Å². The standard InChI is InChI=1S/C27H27FN2O6/c1-3-34-25-13-18(14-26(31)32)7-8-22(25)20-9-10-24(28)21-11-12-30(15-23(20)21)36-27(33)35-16-19-6-4-5-17(2)29-19/h4-10,13H,3,11-12,14-16H2,1-2H3,(H,31,32). The molecule has 0 atom stereocenters. The fourth-order valence-corrected chi connectivity index (χ4v) is 4.23. The average molecular weight is 495 g/mol. The molecule has 0 spiro atoms. The molecule has 0 unspecified atom stereocenters. The summed E-state index contributed by atoms with van der Waals surface area (Å²) in [5, 5.41) is 10.6. The number of hydrogen-bond donors (Lipinski definition) is 1. The molecule has 2 aromatic carbocycles. The third-order valence-corrected chi connectivity index (χ3v) is 5.80. The number of hydrogen-bond acceptors (Lipinski definition) is 7. The van der Waals surface area contributed by atoms with Crippen molar-refractivity contribution in [2.24, 2.45) is 0 Å². The number of ether oxygens (including phenoxy) is 2. The minimum Gasteiger partial charge on any atom is -0.493 e. The third-order valence-electron chi connectivity index (χ3n) is 5.80. The van der Waals surface area contributed by atoms with Crippen molar-refractivity contribution in [1.82, 2.24) is 10.0 Å². The molecule has 3 aromatic rings. The first kappa shape index (κ1) is 25.1. The fourth-order valence-electron chi connectivity index (χ4n) is 4.23. The Hall–Kier alpha value is -3.98. The number of rotatable bonds is 8. The van der Waals surface area contributed by atoms with Gasteiger partial charge in [-0.3, -0.25) is 9.78 Å². The van der Waals surface area contributed by atoms with Crippen LogP contribution in [0, 0.1) is 12.7 Å².